The molecular weight excluding hydrogens is 288 g/mol. The summed E-state index contributed by atoms with van der Waals surface area (Å²) in [5, 5.41) is 4.85. The van der Waals surface area contributed by atoms with Crippen LogP contribution in [0, 0.1) is 4.91 Å². The van der Waals surface area contributed by atoms with E-state index in [1.807, 2.05) is 24.3 Å². The fourth-order valence-corrected chi connectivity index (χ4v) is 2.48. The number of fused-ring (bicyclic) bond motifs is 1. The quantitative estimate of drug-likeness (QED) is 0.711. The first kappa shape index (κ1) is 13.6. The van der Waals surface area contributed by atoms with Crippen molar-refractivity contribution in [2.45, 2.75) is 6.04 Å². The van der Waals surface area contributed by atoms with E-state index in [4.69, 9.17) is 16.3 Å². The van der Waals surface area contributed by atoms with Gasteiger partial charge in [0.15, 0.2) is 6.04 Å². The van der Waals surface area contributed by atoms with E-state index in [2.05, 4.69) is 10.2 Å². The molecular formula is C16H13ClN2O2. The van der Waals surface area contributed by atoms with Crippen molar-refractivity contribution >= 4 is 22.5 Å². The molecule has 3 aromatic rings. The van der Waals surface area contributed by atoms with Gasteiger partial charge in [0.25, 0.3) is 0 Å². The molecule has 0 aliphatic rings. The molecule has 4 nitrogen and oxygen atoms in total. The zero-order chi connectivity index (χ0) is 14.8. The first-order valence-corrected chi connectivity index (χ1v) is 6.83. The minimum absolute atomic E-state index is 0.583. The van der Waals surface area contributed by atoms with Crippen molar-refractivity contribution in [2.24, 2.45) is 5.18 Å². The summed E-state index contributed by atoms with van der Waals surface area (Å²) in [6.45, 7) is 0. The van der Waals surface area contributed by atoms with Crippen molar-refractivity contribution in [2.75, 3.05) is 7.11 Å². The Bertz CT molecular complexity index is 781. The molecule has 106 valence electrons. The number of methoxy groups -OCH3 is 1. The van der Waals surface area contributed by atoms with Gasteiger partial charge < -0.3 is 9.72 Å². The molecule has 1 aromatic heterocycles. The van der Waals surface area contributed by atoms with Crippen LogP contribution in [0.4, 0.5) is 0 Å². The molecule has 0 radical (unpaired) electrons. The standard InChI is InChI=1S/C16H13ClN2O2/c1-21-13-6-7-14-11(8-13)9-15(18-14)16(19-20)10-2-4-12(17)5-3-10/h2-9,16,18H,1H3. The monoisotopic (exact) mass is 300 g/mol. The van der Waals surface area contributed by atoms with Gasteiger partial charge in [-0.05, 0) is 42.0 Å². The predicted octanol–water partition coefficient (Wildman–Crippen LogP) is 4.69. The van der Waals surface area contributed by atoms with Gasteiger partial charge in [0.05, 0.1) is 7.11 Å². The van der Waals surface area contributed by atoms with Gasteiger partial charge in [0, 0.05) is 21.6 Å². The van der Waals surface area contributed by atoms with Crippen molar-refractivity contribution in [1.82, 2.24) is 4.98 Å². The number of nitrogens with zero attached hydrogens (tertiary/aromatic N) is 1. The predicted molar refractivity (Wildman–Crippen MR) is 83.9 cm³/mol. The van der Waals surface area contributed by atoms with Crippen LogP contribution in [0.3, 0.4) is 0 Å². The van der Waals surface area contributed by atoms with E-state index < -0.39 is 6.04 Å². The van der Waals surface area contributed by atoms with Gasteiger partial charge in [-0.1, -0.05) is 28.9 Å². The maximum atomic E-state index is 11.3. The third-order valence-electron chi connectivity index (χ3n) is 3.43. The van der Waals surface area contributed by atoms with Crippen LogP contribution in [-0.4, -0.2) is 12.1 Å². The van der Waals surface area contributed by atoms with E-state index in [1.165, 1.54) is 0 Å². The summed E-state index contributed by atoms with van der Waals surface area (Å²) in [6, 6.07) is 14.1. The highest BCUT2D eigenvalue weighted by Gasteiger charge is 2.17. The van der Waals surface area contributed by atoms with E-state index in [0.29, 0.717) is 5.02 Å². The fourth-order valence-electron chi connectivity index (χ4n) is 2.35. The summed E-state index contributed by atoms with van der Waals surface area (Å²) in [5.41, 5.74) is 2.48. The third-order valence-corrected chi connectivity index (χ3v) is 3.69. The molecule has 1 unspecified atom stereocenters. The summed E-state index contributed by atoms with van der Waals surface area (Å²) in [5.74, 6) is 0.773. The fraction of sp³-hybridized carbons (Fsp3) is 0.125. The SMILES string of the molecule is COc1ccc2[nH]c(C(N=O)c3ccc(Cl)cc3)cc2c1. The molecule has 2 aromatic carbocycles. The molecule has 1 atom stereocenters. The lowest BCUT2D eigenvalue weighted by Crippen LogP contribution is -1.97. The summed E-state index contributed by atoms with van der Waals surface area (Å²) in [7, 11) is 1.62. The summed E-state index contributed by atoms with van der Waals surface area (Å²) < 4.78 is 5.20. The number of H-pyrrole nitrogens is 1. The summed E-state index contributed by atoms with van der Waals surface area (Å²) >= 11 is 5.87. The number of halogens is 1. The number of nitroso groups, excluding NO2 is 1. The Morgan fingerprint density at radius 3 is 2.57 bits per heavy atom. The van der Waals surface area contributed by atoms with E-state index in [0.717, 1.165) is 27.9 Å². The molecule has 0 aliphatic heterocycles. The number of rotatable bonds is 4. The Morgan fingerprint density at radius 2 is 1.90 bits per heavy atom. The molecule has 1 heterocycles. The zero-order valence-corrected chi connectivity index (χ0v) is 12.1. The van der Waals surface area contributed by atoms with Gasteiger partial charge in [0.1, 0.15) is 5.75 Å². The first-order valence-electron chi connectivity index (χ1n) is 6.46. The lowest BCUT2D eigenvalue weighted by molar-refractivity contribution is 0.415. The zero-order valence-electron chi connectivity index (χ0n) is 11.3. The molecule has 0 amide bonds. The summed E-state index contributed by atoms with van der Waals surface area (Å²) in [6.07, 6.45) is 0. The van der Waals surface area contributed by atoms with E-state index >= 15 is 0 Å². The molecule has 3 rings (SSSR count). The van der Waals surface area contributed by atoms with Crippen molar-refractivity contribution in [1.29, 1.82) is 0 Å². The van der Waals surface area contributed by atoms with Crippen LogP contribution >= 0.6 is 11.6 Å². The molecule has 0 bridgehead atoms. The highest BCUT2D eigenvalue weighted by molar-refractivity contribution is 6.30. The number of hydrogen-bond donors (Lipinski definition) is 1. The molecule has 0 saturated carbocycles. The van der Waals surface area contributed by atoms with Gasteiger partial charge in [-0.25, -0.2) is 0 Å². The Balaban J connectivity index is 2.04. The number of aromatic nitrogens is 1. The Labute approximate surface area is 126 Å². The lowest BCUT2D eigenvalue weighted by Gasteiger charge is -2.07. The third kappa shape index (κ3) is 2.62. The average Bonchev–Trinajstić information content (AvgIpc) is 2.92. The van der Waals surface area contributed by atoms with Crippen LogP contribution in [0.25, 0.3) is 10.9 Å². The largest absolute Gasteiger partial charge is 0.497 e. The second-order valence-corrected chi connectivity index (χ2v) is 5.17. The minimum Gasteiger partial charge on any atom is -0.497 e. The van der Waals surface area contributed by atoms with Gasteiger partial charge in [-0.2, -0.15) is 0 Å². The summed E-state index contributed by atoms with van der Waals surface area (Å²) in [4.78, 5) is 14.5. The van der Waals surface area contributed by atoms with Crippen molar-refractivity contribution < 1.29 is 4.74 Å². The number of aromatic amines is 1. The van der Waals surface area contributed by atoms with Crippen LogP contribution in [0.5, 0.6) is 5.75 Å². The highest BCUT2D eigenvalue weighted by Crippen LogP contribution is 2.30. The Morgan fingerprint density at radius 1 is 1.14 bits per heavy atom. The average molecular weight is 301 g/mol. The van der Waals surface area contributed by atoms with E-state index in [-0.39, 0.29) is 0 Å². The second-order valence-electron chi connectivity index (χ2n) is 4.74. The van der Waals surface area contributed by atoms with Crippen LogP contribution < -0.4 is 4.74 Å². The number of hydrogen-bond acceptors (Lipinski definition) is 3. The Kier molecular flexibility index (Phi) is 3.62. The van der Waals surface area contributed by atoms with Gasteiger partial charge >= 0.3 is 0 Å². The molecule has 0 fully saturated rings. The smallest absolute Gasteiger partial charge is 0.157 e. The van der Waals surface area contributed by atoms with E-state index in [1.54, 1.807) is 31.4 Å². The number of nitrogens with one attached hydrogen (secondary N) is 1. The molecule has 0 spiro atoms. The van der Waals surface area contributed by atoms with Gasteiger partial charge in [-0.3, -0.25) is 0 Å². The number of benzene rings is 2. The van der Waals surface area contributed by atoms with Crippen molar-refractivity contribution in [3.05, 3.63) is 69.7 Å². The molecule has 0 aliphatic carbocycles. The van der Waals surface area contributed by atoms with Crippen LogP contribution in [0.15, 0.2) is 53.7 Å². The van der Waals surface area contributed by atoms with Crippen molar-refractivity contribution in [3.63, 3.8) is 0 Å². The first-order chi connectivity index (χ1) is 10.2. The number of ether oxygens (including phenoxy) is 1. The van der Waals surface area contributed by atoms with Crippen LogP contribution in [-0.2, 0) is 0 Å². The molecule has 5 heteroatoms. The van der Waals surface area contributed by atoms with Gasteiger partial charge in [-0.15, -0.1) is 4.91 Å². The molecule has 21 heavy (non-hydrogen) atoms. The van der Waals surface area contributed by atoms with Crippen molar-refractivity contribution in [3.8, 4) is 5.75 Å². The topological polar surface area (TPSA) is 54.4 Å². The maximum absolute atomic E-state index is 11.3. The normalized spacial score (nSPS) is 12.3. The highest BCUT2D eigenvalue weighted by atomic mass is 35.5. The minimum atomic E-state index is -0.583. The lowest BCUT2D eigenvalue weighted by atomic mass is 10.0. The maximum Gasteiger partial charge on any atom is 0.157 e. The van der Waals surface area contributed by atoms with Crippen LogP contribution in [0.2, 0.25) is 5.02 Å². The van der Waals surface area contributed by atoms with Crippen LogP contribution in [0.1, 0.15) is 17.3 Å². The van der Waals surface area contributed by atoms with Gasteiger partial charge in [0.2, 0.25) is 0 Å². The second kappa shape index (κ2) is 5.58. The molecule has 0 saturated heterocycles. The Hall–Kier alpha value is -2.33. The van der Waals surface area contributed by atoms with E-state index in [9.17, 15) is 4.91 Å². The molecule has 1 N–H and O–H groups in total.